The van der Waals surface area contributed by atoms with Gasteiger partial charge in [0.1, 0.15) is 6.04 Å². The number of rotatable bonds is 2. The summed E-state index contributed by atoms with van der Waals surface area (Å²) in [4.78, 5) is 2.35. The van der Waals surface area contributed by atoms with Gasteiger partial charge in [0, 0.05) is 19.1 Å². The minimum Gasteiger partial charge on any atom is -0.375 e. The van der Waals surface area contributed by atoms with Gasteiger partial charge in [-0.2, -0.15) is 5.26 Å². The first-order valence-electron chi connectivity index (χ1n) is 5.82. The van der Waals surface area contributed by atoms with Gasteiger partial charge in [0.15, 0.2) is 0 Å². The lowest BCUT2D eigenvalue weighted by atomic mass is 9.90. The van der Waals surface area contributed by atoms with Crippen molar-refractivity contribution in [3.8, 4) is 6.07 Å². The van der Waals surface area contributed by atoms with Crippen molar-refractivity contribution in [1.29, 1.82) is 5.26 Å². The van der Waals surface area contributed by atoms with Gasteiger partial charge in [0.2, 0.25) is 0 Å². The number of hydrogen-bond donors (Lipinski definition) is 1. The highest BCUT2D eigenvalue weighted by Crippen LogP contribution is 2.28. The molecule has 2 rings (SSSR count). The molecule has 1 aliphatic heterocycles. The summed E-state index contributed by atoms with van der Waals surface area (Å²) in [6, 6.07) is 2.25. The van der Waals surface area contributed by atoms with E-state index in [1.807, 2.05) is 0 Å². The van der Waals surface area contributed by atoms with Crippen LogP contribution in [0.4, 0.5) is 0 Å². The second-order valence-electron chi connectivity index (χ2n) is 4.49. The maximum Gasteiger partial charge on any atom is 0.106 e. The van der Waals surface area contributed by atoms with Crippen LogP contribution in [0, 0.1) is 11.3 Å². The van der Waals surface area contributed by atoms with Crippen molar-refractivity contribution >= 4 is 0 Å². The van der Waals surface area contributed by atoms with Gasteiger partial charge < -0.3 is 10.5 Å². The number of hydrogen-bond acceptors (Lipinski definition) is 4. The molecular formula is C11H19N3O. The highest BCUT2D eigenvalue weighted by Gasteiger charge is 2.34. The molecule has 15 heavy (non-hydrogen) atoms. The SMILES string of the molecule is N#CC(N)CN1CCOC2CCCCC21. The standard InChI is InChI=1S/C11H19N3O/c12-7-9(13)8-14-5-6-15-11-4-2-1-3-10(11)14/h9-11H,1-6,8,13H2. The number of nitriles is 1. The van der Waals surface area contributed by atoms with Crippen LogP contribution in [0.1, 0.15) is 25.7 Å². The van der Waals surface area contributed by atoms with E-state index >= 15 is 0 Å². The Morgan fingerprint density at radius 1 is 1.47 bits per heavy atom. The molecule has 0 radical (unpaired) electrons. The molecule has 2 N–H and O–H groups in total. The minimum atomic E-state index is -0.356. The average molecular weight is 209 g/mol. The fourth-order valence-corrected chi connectivity index (χ4v) is 2.70. The largest absolute Gasteiger partial charge is 0.375 e. The molecule has 1 saturated carbocycles. The third-order valence-corrected chi connectivity index (χ3v) is 3.44. The molecule has 3 unspecified atom stereocenters. The average Bonchev–Trinajstić information content (AvgIpc) is 2.29. The fraction of sp³-hybridized carbons (Fsp3) is 0.909. The second kappa shape index (κ2) is 4.93. The van der Waals surface area contributed by atoms with Crippen molar-refractivity contribution in [2.24, 2.45) is 5.73 Å². The third-order valence-electron chi connectivity index (χ3n) is 3.44. The zero-order chi connectivity index (χ0) is 10.7. The van der Waals surface area contributed by atoms with Crippen molar-refractivity contribution in [3.05, 3.63) is 0 Å². The van der Waals surface area contributed by atoms with E-state index in [-0.39, 0.29) is 6.04 Å². The van der Waals surface area contributed by atoms with Crippen molar-refractivity contribution in [1.82, 2.24) is 4.90 Å². The Kier molecular flexibility index (Phi) is 3.57. The van der Waals surface area contributed by atoms with Gasteiger partial charge in [-0.25, -0.2) is 0 Å². The molecule has 0 bridgehead atoms. The molecule has 0 aromatic heterocycles. The van der Waals surface area contributed by atoms with Gasteiger partial charge in [-0.05, 0) is 12.8 Å². The monoisotopic (exact) mass is 209 g/mol. The quantitative estimate of drug-likeness (QED) is 0.718. The summed E-state index contributed by atoms with van der Waals surface area (Å²) < 4.78 is 5.76. The maximum atomic E-state index is 8.73. The molecule has 0 spiro atoms. The lowest BCUT2D eigenvalue weighted by Crippen LogP contribution is -2.55. The summed E-state index contributed by atoms with van der Waals surface area (Å²) in [6.07, 6.45) is 5.31. The molecular weight excluding hydrogens is 190 g/mol. The molecule has 2 aliphatic rings. The Morgan fingerprint density at radius 2 is 2.27 bits per heavy atom. The predicted octanol–water partition coefficient (Wildman–Crippen LogP) is 0.481. The van der Waals surface area contributed by atoms with Gasteiger partial charge in [0.25, 0.3) is 0 Å². The Hall–Kier alpha value is -0.630. The van der Waals surface area contributed by atoms with Crippen molar-refractivity contribution < 1.29 is 4.74 Å². The van der Waals surface area contributed by atoms with E-state index in [0.29, 0.717) is 18.7 Å². The van der Waals surface area contributed by atoms with Crippen LogP contribution < -0.4 is 5.73 Å². The molecule has 0 amide bonds. The van der Waals surface area contributed by atoms with E-state index in [2.05, 4.69) is 11.0 Å². The number of morpholine rings is 1. The first kappa shape index (κ1) is 10.9. The van der Waals surface area contributed by atoms with E-state index in [4.69, 9.17) is 15.7 Å². The smallest absolute Gasteiger partial charge is 0.106 e. The molecule has 4 nitrogen and oxygen atoms in total. The summed E-state index contributed by atoms with van der Waals surface area (Å²) in [5.41, 5.74) is 5.68. The summed E-state index contributed by atoms with van der Waals surface area (Å²) in [5, 5.41) is 8.73. The fourth-order valence-electron chi connectivity index (χ4n) is 2.70. The number of nitrogens with zero attached hydrogens (tertiary/aromatic N) is 2. The topological polar surface area (TPSA) is 62.3 Å². The van der Waals surface area contributed by atoms with Gasteiger partial charge in [0.05, 0.1) is 18.8 Å². The molecule has 4 heteroatoms. The van der Waals surface area contributed by atoms with E-state index in [9.17, 15) is 0 Å². The van der Waals surface area contributed by atoms with Crippen LogP contribution >= 0.6 is 0 Å². The van der Waals surface area contributed by atoms with E-state index < -0.39 is 0 Å². The van der Waals surface area contributed by atoms with Crippen LogP contribution in [0.5, 0.6) is 0 Å². The van der Waals surface area contributed by atoms with E-state index in [0.717, 1.165) is 13.2 Å². The second-order valence-corrected chi connectivity index (χ2v) is 4.49. The molecule has 2 fully saturated rings. The van der Waals surface area contributed by atoms with Crippen LogP contribution in [0.3, 0.4) is 0 Å². The summed E-state index contributed by atoms with van der Waals surface area (Å²) in [5.74, 6) is 0. The molecule has 1 heterocycles. The van der Waals surface area contributed by atoms with Crippen LogP contribution in [-0.4, -0.2) is 42.8 Å². The van der Waals surface area contributed by atoms with E-state index in [1.54, 1.807) is 0 Å². The zero-order valence-electron chi connectivity index (χ0n) is 9.06. The van der Waals surface area contributed by atoms with Crippen molar-refractivity contribution in [2.75, 3.05) is 19.7 Å². The normalized spacial score (nSPS) is 34.1. The lowest BCUT2D eigenvalue weighted by molar-refractivity contribution is -0.0881. The maximum absolute atomic E-state index is 8.73. The number of nitrogens with two attached hydrogens (primary N) is 1. The van der Waals surface area contributed by atoms with Gasteiger partial charge in [-0.1, -0.05) is 12.8 Å². The molecule has 0 aromatic rings. The first-order valence-corrected chi connectivity index (χ1v) is 5.82. The van der Waals surface area contributed by atoms with Gasteiger partial charge in [-0.15, -0.1) is 0 Å². The van der Waals surface area contributed by atoms with Crippen LogP contribution in [0.25, 0.3) is 0 Å². The summed E-state index contributed by atoms with van der Waals surface area (Å²) in [6.45, 7) is 2.41. The van der Waals surface area contributed by atoms with Crippen LogP contribution in [0.15, 0.2) is 0 Å². The van der Waals surface area contributed by atoms with Crippen LogP contribution in [-0.2, 0) is 4.74 Å². The number of fused-ring (bicyclic) bond motifs is 1. The molecule has 1 saturated heterocycles. The van der Waals surface area contributed by atoms with Crippen molar-refractivity contribution in [2.45, 2.75) is 43.9 Å². The third kappa shape index (κ3) is 2.49. The number of ether oxygens (including phenoxy) is 1. The van der Waals surface area contributed by atoms with Crippen molar-refractivity contribution in [3.63, 3.8) is 0 Å². The highest BCUT2D eigenvalue weighted by molar-refractivity contribution is 4.94. The summed E-state index contributed by atoms with van der Waals surface area (Å²) in [7, 11) is 0. The Balaban J connectivity index is 1.95. The Morgan fingerprint density at radius 3 is 3.07 bits per heavy atom. The molecule has 1 aliphatic carbocycles. The minimum absolute atomic E-state index is 0.356. The zero-order valence-corrected chi connectivity index (χ0v) is 9.06. The first-order chi connectivity index (χ1) is 7.31. The van der Waals surface area contributed by atoms with Gasteiger partial charge >= 0.3 is 0 Å². The highest BCUT2D eigenvalue weighted by atomic mass is 16.5. The predicted molar refractivity (Wildman–Crippen MR) is 57.2 cm³/mol. The Labute approximate surface area is 91.0 Å². The summed E-state index contributed by atoms with van der Waals surface area (Å²) >= 11 is 0. The molecule has 0 aromatic carbocycles. The van der Waals surface area contributed by atoms with E-state index in [1.165, 1.54) is 25.7 Å². The lowest BCUT2D eigenvalue weighted by Gasteiger charge is -2.44. The van der Waals surface area contributed by atoms with Crippen LogP contribution in [0.2, 0.25) is 0 Å². The Bertz CT molecular complexity index is 249. The van der Waals surface area contributed by atoms with Gasteiger partial charge in [-0.3, -0.25) is 4.90 Å². The molecule has 84 valence electrons. The molecule has 3 atom stereocenters.